The summed E-state index contributed by atoms with van der Waals surface area (Å²) in [5.41, 5.74) is 0.337. The van der Waals surface area contributed by atoms with Crippen molar-refractivity contribution in [1.29, 1.82) is 0 Å². The monoisotopic (exact) mass is 263 g/mol. The molecule has 2 aromatic rings. The first-order valence-electron chi connectivity index (χ1n) is 6.01. The third kappa shape index (κ3) is 2.50. The second-order valence-corrected chi connectivity index (χ2v) is 4.39. The molecule has 5 heteroatoms. The maximum atomic E-state index is 12.0. The molecular formula is C14H17NO4. The molecule has 0 saturated carbocycles. The van der Waals surface area contributed by atoms with Gasteiger partial charge in [0.15, 0.2) is 5.75 Å². The smallest absolute Gasteiger partial charge is 0.294 e. The van der Waals surface area contributed by atoms with Crippen LogP contribution in [0.5, 0.6) is 17.2 Å². The number of rotatable bonds is 4. The number of benzene rings is 1. The molecule has 0 amide bonds. The highest BCUT2D eigenvalue weighted by atomic mass is 16.5. The molecule has 0 saturated heterocycles. The highest BCUT2D eigenvalue weighted by Gasteiger charge is 2.16. The second kappa shape index (κ2) is 5.22. The average molecular weight is 263 g/mol. The van der Waals surface area contributed by atoms with E-state index in [1.54, 1.807) is 13.2 Å². The summed E-state index contributed by atoms with van der Waals surface area (Å²) >= 11 is 0. The van der Waals surface area contributed by atoms with Gasteiger partial charge in [0.05, 0.1) is 25.8 Å². The van der Waals surface area contributed by atoms with Gasteiger partial charge in [-0.25, -0.2) is 0 Å². The Morgan fingerprint density at radius 1 is 1.11 bits per heavy atom. The Labute approximate surface area is 111 Å². The lowest BCUT2D eigenvalue weighted by Gasteiger charge is -2.14. The van der Waals surface area contributed by atoms with E-state index >= 15 is 0 Å². The van der Waals surface area contributed by atoms with Crippen LogP contribution in [-0.2, 0) is 0 Å². The molecule has 1 heterocycles. The molecule has 0 spiro atoms. The number of ether oxygens (including phenoxy) is 3. The zero-order chi connectivity index (χ0) is 14.0. The van der Waals surface area contributed by atoms with Crippen LogP contribution < -0.4 is 19.8 Å². The maximum Gasteiger partial charge on any atom is 0.294 e. The van der Waals surface area contributed by atoms with E-state index in [2.05, 4.69) is 4.98 Å². The van der Waals surface area contributed by atoms with Crippen LogP contribution >= 0.6 is 0 Å². The number of nitrogens with one attached hydrogen (secondary N) is 1. The van der Waals surface area contributed by atoms with Gasteiger partial charge in [0.1, 0.15) is 5.75 Å². The molecule has 0 bridgehead atoms. The van der Waals surface area contributed by atoms with Crippen molar-refractivity contribution in [3.63, 3.8) is 0 Å². The summed E-state index contributed by atoms with van der Waals surface area (Å²) in [6.07, 6.45) is -0.106. The number of aromatic nitrogens is 1. The van der Waals surface area contributed by atoms with Gasteiger partial charge in [-0.1, -0.05) is 0 Å². The van der Waals surface area contributed by atoms with E-state index in [-0.39, 0.29) is 17.4 Å². The van der Waals surface area contributed by atoms with Crippen LogP contribution in [0, 0.1) is 0 Å². The summed E-state index contributed by atoms with van der Waals surface area (Å²) in [4.78, 5) is 14.8. The molecule has 0 unspecified atom stereocenters. The molecule has 1 aromatic carbocycles. The van der Waals surface area contributed by atoms with Crippen LogP contribution in [0.2, 0.25) is 0 Å². The Morgan fingerprint density at radius 2 is 1.84 bits per heavy atom. The van der Waals surface area contributed by atoms with Crippen molar-refractivity contribution >= 4 is 10.9 Å². The van der Waals surface area contributed by atoms with Gasteiger partial charge >= 0.3 is 0 Å². The number of methoxy groups -OCH3 is 2. The first kappa shape index (κ1) is 13.3. The minimum Gasteiger partial charge on any atom is -0.497 e. The van der Waals surface area contributed by atoms with Crippen molar-refractivity contribution in [2.24, 2.45) is 0 Å². The van der Waals surface area contributed by atoms with E-state index in [9.17, 15) is 4.79 Å². The summed E-state index contributed by atoms with van der Waals surface area (Å²) in [5.74, 6) is 1.31. The molecule has 5 nitrogen and oxygen atoms in total. The van der Waals surface area contributed by atoms with Gasteiger partial charge in [0, 0.05) is 11.5 Å². The van der Waals surface area contributed by atoms with Gasteiger partial charge in [0.2, 0.25) is 5.75 Å². The topological polar surface area (TPSA) is 60.6 Å². The van der Waals surface area contributed by atoms with Crippen LogP contribution in [0.15, 0.2) is 23.0 Å². The molecule has 0 radical (unpaired) electrons. The minimum atomic E-state index is -0.314. The van der Waals surface area contributed by atoms with Gasteiger partial charge in [-0.3, -0.25) is 4.79 Å². The molecular weight excluding hydrogens is 246 g/mol. The fraction of sp³-hybridized carbons (Fsp3) is 0.357. The van der Waals surface area contributed by atoms with Crippen LogP contribution in [0.1, 0.15) is 13.8 Å². The number of H-pyrrole nitrogens is 1. The number of pyridine rings is 1. The van der Waals surface area contributed by atoms with E-state index in [1.165, 1.54) is 7.11 Å². The Morgan fingerprint density at radius 3 is 2.42 bits per heavy atom. The number of hydrogen-bond donors (Lipinski definition) is 1. The third-order valence-corrected chi connectivity index (χ3v) is 2.69. The Bertz CT molecular complexity index is 646. The summed E-state index contributed by atoms with van der Waals surface area (Å²) < 4.78 is 16.0. The molecule has 2 rings (SSSR count). The summed E-state index contributed by atoms with van der Waals surface area (Å²) in [5, 5.41) is 0.776. The Kier molecular flexibility index (Phi) is 3.64. The maximum absolute atomic E-state index is 12.0. The van der Waals surface area contributed by atoms with Crippen LogP contribution in [0.3, 0.4) is 0 Å². The first-order chi connectivity index (χ1) is 9.06. The summed E-state index contributed by atoms with van der Waals surface area (Å²) in [6.45, 7) is 3.72. The SMILES string of the molecule is COc1ccc2c(OC)c(OC(C)C)c(=O)[nH]c2c1. The molecule has 1 N–H and O–H groups in total. The zero-order valence-electron chi connectivity index (χ0n) is 11.4. The van der Waals surface area contributed by atoms with Gasteiger partial charge in [-0.2, -0.15) is 0 Å². The average Bonchev–Trinajstić information content (AvgIpc) is 2.38. The lowest BCUT2D eigenvalue weighted by atomic mass is 10.2. The van der Waals surface area contributed by atoms with Gasteiger partial charge in [0.25, 0.3) is 5.56 Å². The number of hydrogen-bond acceptors (Lipinski definition) is 4. The molecule has 0 fully saturated rings. The quantitative estimate of drug-likeness (QED) is 0.919. The Balaban J connectivity index is 2.71. The fourth-order valence-corrected chi connectivity index (χ4v) is 1.90. The highest BCUT2D eigenvalue weighted by Crippen LogP contribution is 2.33. The van der Waals surface area contributed by atoms with Crippen LogP contribution in [0.4, 0.5) is 0 Å². The van der Waals surface area contributed by atoms with Gasteiger partial charge in [-0.15, -0.1) is 0 Å². The molecule has 102 valence electrons. The third-order valence-electron chi connectivity index (χ3n) is 2.69. The summed E-state index contributed by atoms with van der Waals surface area (Å²) in [7, 11) is 3.10. The lowest BCUT2D eigenvalue weighted by Crippen LogP contribution is -2.17. The summed E-state index contributed by atoms with van der Waals surface area (Å²) in [6, 6.07) is 5.39. The molecule has 19 heavy (non-hydrogen) atoms. The lowest BCUT2D eigenvalue weighted by molar-refractivity contribution is 0.227. The van der Waals surface area contributed by atoms with Crippen molar-refractivity contribution in [3.05, 3.63) is 28.6 Å². The van der Waals surface area contributed by atoms with Gasteiger partial charge < -0.3 is 19.2 Å². The minimum absolute atomic E-state index is 0.106. The fourth-order valence-electron chi connectivity index (χ4n) is 1.90. The normalized spacial score (nSPS) is 10.8. The van der Waals surface area contributed by atoms with Gasteiger partial charge in [-0.05, 0) is 26.0 Å². The van der Waals surface area contributed by atoms with Crippen molar-refractivity contribution in [2.45, 2.75) is 20.0 Å². The van der Waals surface area contributed by atoms with Crippen molar-refractivity contribution in [2.75, 3.05) is 14.2 Å². The van der Waals surface area contributed by atoms with E-state index in [0.29, 0.717) is 17.0 Å². The van der Waals surface area contributed by atoms with E-state index in [1.807, 2.05) is 26.0 Å². The predicted molar refractivity (Wildman–Crippen MR) is 73.4 cm³/mol. The first-order valence-corrected chi connectivity index (χ1v) is 6.01. The molecule has 0 aliphatic carbocycles. The highest BCUT2D eigenvalue weighted by molar-refractivity contribution is 5.88. The van der Waals surface area contributed by atoms with E-state index in [4.69, 9.17) is 14.2 Å². The second-order valence-electron chi connectivity index (χ2n) is 4.39. The zero-order valence-corrected chi connectivity index (χ0v) is 11.4. The number of fused-ring (bicyclic) bond motifs is 1. The molecule has 1 aromatic heterocycles. The van der Waals surface area contributed by atoms with E-state index in [0.717, 1.165) is 5.39 Å². The standard InChI is InChI=1S/C14H17NO4/c1-8(2)19-13-12(18-4)10-6-5-9(17-3)7-11(10)15-14(13)16/h5-8H,1-4H3,(H,15,16). The molecule has 0 aliphatic rings. The predicted octanol–water partition coefficient (Wildman–Crippen LogP) is 2.33. The van der Waals surface area contributed by atoms with Crippen molar-refractivity contribution in [3.8, 4) is 17.2 Å². The van der Waals surface area contributed by atoms with Crippen molar-refractivity contribution < 1.29 is 14.2 Å². The molecule has 0 atom stereocenters. The van der Waals surface area contributed by atoms with Crippen LogP contribution in [-0.4, -0.2) is 25.3 Å². The largest absolute Gasteiger partial charge is 0.497 e. The molecule has 0 aliphatic heterocycles. The Hall–Kier alpha value is -2.17. The number of aromatic amines is 1. The van der Waals surface area contributed by atoms with Crippen molar-refractivity contribution in [1.82, 2.24) is 4.98 Å². The van der Waals surface area contributed by atoms with E-state index < -0.39 is 0 Å². The van der Waals surface area contributed by atoms with Crippen LogP contribution in [0.25, 0.3) is 10.9 Å².